The lowest BCUT2D eigenvalue weighted by atomic mass is 10.1. The van der Waals surface area contributed by atoms with E-state index in [4.69, 9.17) is 9.97 Å². The fourth-order valence-corrected chi connectivity index (χ4v) is 5.15. The van der Waals surface area contributed by atoms with E-state index in [2.05, 4.69) is 58.1 Å². The minimum atomic E-state index is -0.114. The van der Waals surface area contributed by atoms with Gasteiger partial charge in [0.2, 0.25) is 0 Å². The standard InChI is InChI=1S/C27H26N4O/c1-16(2)25-27(32)30-21-14-23-24(15-22(21)28-25)31(20-9-5-6-10-20)26(29-23)19-12-11-17-7-3-4-8-18(17)13-19/h3-4,7-8,11-16,20H,5-6,9-10H2,1-2H3,(H,30,32). The van der Waals surface area contributed by atoms with Gasteiger partial charge < -0.3 is 9.55 Å². The van der Waals surface area contributed by atoms with Crippen molar-refractivity contribution in [3.8, 4) is 11.4 Å². The highest BCUT2D eigenvalue weighted by molar-refractivity contribution is 5.94. The molecule has 2 aromatic heterocycles. The molecule has 0 aliphatic heterocycles. The Hall–Kier alpha value is -3.47. The van der Waals surface area contributed by atoms with Crippen LogP contribution < -0.4 is 5.56 Å². The van der Waals surface area contributed by atoms with Crippen LogP contribution >= 0.6 is 0 Å². The Labute approximate surface area is 186 Å². The van der Waals surface area contributed by atoms with Crippen molar-refractivity contribution in [1.82, 2.24) is 19.5 Å². The van der Waals surface area contributed by atoms with Crippen LogP contribution in [0.4, 0.5) is 0 Å². The Morgan fingerprint density at radius 1 is 0.938 bits per heavy atom. The van der Waals surface area contributed by atoms with Crippen molar-refractivity contribution < 1.29 is 0 Å². The van der Waals surface area contributed by atoms with Crippen LogP contribution in [0.25, 0.3) is 44.2 Å². The van der Waals surface area contributed by atoms with Crippen LogP contribution in [0, 0.1) is 0 Å². The van der Waals surface area contributed by atoms with Crippen LogP contribution in [0.2, 0.25) is 0 Å². The van der Waals surface area contributed by atoms with E-state index in [0.717, 1.165) is 33.5 Å². The average molecular weight is 423 g/mol. The van der Waals surface area contributed by atoms with Crippen LogP contribution in [0.1, 0.15) is 57.2 Å². The molecule has 1 fully saturated rings. The molecule has 1 aliphatic carbocycles. The summed E-state index contributed by atoms with van der Waals surface area (Å²) in [6.45, 7) is 4.01. The van der Waals surface area contributed by atoms with Gasteiger partial charge in [0.25, 0.3) is 5.56 Å². The Morgan fingerprint density at radius 2 is 1.72 bits per heavy atom. The van der Waals surface area contributed by atoms with Crippen LogP contribution in [0.15, 0.2) is 59.4 Å². The summed E-state index contributed by atoms with van der Waals surface area (Å²) in [6.07, 6.45) is 4.83. The normalized spacial score (nSPS) is 15.0. The van der Waals surface area contributed by atoms with Crippen molar-refractivity contribution in [2.75, 3.05) is 0 Å². The summed E-state index contributed by atoms with van der Waals surface area (Å²) in [5.74, 6) is 1.08. The molecule has 0 unspecified atom stereocenters. The molecule has 0 radical (unpaired) electrons. The number of rotatable bonds is 3. The summed E-state index contributed by atoms with van der Waals surface area (Å²) in [5, 5.41) is 2.45. The number of nitrogens with zero attached hydrogens (tertiary/aromatic N) is 3. The molecular weight excluding hydrogens is 396 g/mol. The van der Waals surface area contributed by atoms with Gasteiger partial charge in [-0.25, -0.2) is 9.97 Å². The van der Waals surface area contributed by atoms with Gasteiger partial charge in [0, 0.05) is 17.5 Å². The first-order chi connectivity index (χ1) is 15.6. The molecular formula is C27H26N4O. The van der Waals surface area contributed by atoms with Crippen LogP contribution in [0.3, 0.4) is 0 Å². The first-order valence-corrected chi connectivity index (χ1v) is 11.5. The van der Waals surface area contributed by atoms with Crippen molar-refractivity contribution >= 4 is 32.8 Å². The Bertz CT molecular complexity index is 1540. The molecule has 1 aliphatic rings. The lowest BCUT2D eigenvalue weighted by Crippen LogP contribution is -2.16. The van der Waals surface area contributed by atoms with Crippen molar-refractivity contribution in [1.29, 1.82) is 0 Å². The molecule has 6 rings (SSSR count). The second-order valence-electron chi connectivity index (χ2n) is 9.27. The molecule has 5 aromatic rings. The molecule has 3 aromatic carbocycles. The fourth-order valence-electron chi connectivity index (χ4n) is 5.15. The van der Waals surface area contributed by atoms with E-state index >= 15 is 0 Å². The van der Waals surface area contributed by atoms with E-state index < -0.39 is 0 Å². The van der Waals surface area contributed by atoms with Gasteiger partial charge in [-0.15, -0.1) is 0 Å². The van der Waals surface area contributed by atoms with Gasteiger partial charge in [-0.2, -0.15) is 0 Å². The Morgan fingerprint density at radius 3 is 2.50 bits per heavy atom. The summed E-state index contributed by atoms with van der Waals surface area (Å²) >= 11 is 0. The van der Waals surface area contributed by atoms with Crippen molar-refractivity contribution in [2.24, 2.45) is 0 Å². The van der Waals surface area contributed by atoms with E-state index in [-0.39, 0.29) is 11.5 Å². The molecule has 5 heteroatoms. The van der Waals surface area contributed by atoms with Crippen LogP contribution in [0.5, 0.6) is 0 Å². The highest BCUT2D eigenvalue weighted by Crippen LogP contribution is 2.38. The number of aromatic nitrogens is 4. The van der Waals surface area contributed by atoms with Crippen molar-refractivity contribution in [3.05, 3.63) is 70.6 Å². The monoisotopic (exact) mass is 422 g/mol. The number of aromatic amines is 1. The lowest BCUT2D eigenvalue weighted by Gasteiger charge is -2.17. The molecule has 0 spiro atoms. The van der Waals surface area contributed by atoms with Crippen LogP contribution in [-0.4, -0.2) is 19.5 Å². The zero-order chi connectivity index (χ0) is 21.8. The minimum absolute atomic E-state index is 0.0757. The Balaban J connectivity index is 1.63. The van der Waals surface area contributed by atoms with Gasteiger partial charge in [0.05, 0.1) is 22.1 Å². The van der Waals surface area contributed by atoms with Gasteiger partial charge in [0.15, 0.2) is 0 Å². The average Bonchev–Trinajstić information content (AvgIpc) is 3.44. The van der Waals surface area contributed by atoms with E-state index in [0.29, 0.717) is 11.7 Å². The van der Waals surface area contributed by atoms with Gasteiger partial charge >= 0.3 is 0 Å². The number of imidazole rings is 1. The highest BCUT2D eigenvalue weighted by atomic mass is 16.1. The largest absolute Gasteiger partial charge is 0.321 e. The molecule has 160 valence electrons. The third-order valence-corrected chi connectivity index (χ3v) is 6.77. The third kappa shape index (κ3) is 3.03. The van der Waals surface area contributed by atoms with Gasteiger partial charge in [-0.3, -0.25) is 4.79 Å². The highest BCUT2D eigenvalue weighted by Gasteiger charge is 2.24. The number of fused-ring (bicyclic) bond motifs is 3. The van der Waals surface area contributed by atoms with Gasteiger partial charge in [-0.05, 0) is 41.8 Å². The van der Waals surface area contributed by atoms with Gasteiger partial charge in [0.1, 0.15) is 11.5 Å². The zero-order valence-electron chi connectivity index (χ0n) is 18.4. The van der Waals surface area contributed by atoms with E-state index in [9.17, 15) is 4.79 Å². The number of H-pyrrole nitrogens is 1. The molecule has 2 heterocycles. The van der Waals surface area contributed by atoms with Crippen molar-refractivity contribution in [3.63, 3.8) is 0 Å². The minimum Gasteiger partial charge on any atom is -0.321 e. The maximum atomic E-state index is 12.5. The quantitative estimate of drug-likeness (QED) is 0.369. The predicted molar refractivity (Wildman–Crippen MR) is 130 cm³/mol. The summed E-state index contributed by atoms with van der Waals surface area (Å²) in [7, 11) is 0. The number of benzene rings is 3. The molecule has 5 nitrogen and oxygen atoms in total. The molecule has 0 saturated heterocycles. The molecule has 0 atom stereocenters. The molecule has 1 saturated carbocycles. The molecule has 0 bridgehead atoms. The second-order valence-corrected chi connectivity index (χ2v) is 9.27. The zero-order valence-corrected chi connectivity index (χ0v) is 18.4. The SMILES string of the molecule is CC(C)c1nc2cc3c(cc2[nH]c1=O)nc(-c1ccc2ccccc2c1)n3C1CCCC1. The van der Waals surface area contributed by atoms with E-state index in [1.165, 1.54) is 36.5 Å². The fraction of sp³-hybridized carbons (Fsp3) is 0.296. The Kier molecular flexibility index (Phi) is 4.39. The molecule has 0 amide bonds. The van der Waals surface area contributed by atoms with Gasteiger partial charge in [-0.1, -0.05) is 63.1 Å². The first kappa shape index (κ1) is 19.2. The predicted octanol–water partition coefficient (Wildman–Crippen LogP) is 6.33. The maximum Gasteiger partial charge on any atom is 0.270 e. The third-order valence-electron chi connectivity index (χ3n) is 6.77. The first-order valence-electron chi connectivity index (χ1n) is 11.5. The summed E-state index contributed by atoms with van der Waals surface area (Å²) < 4.78 is 2.42. The summed E-state index contributed by atoms with van der Waals surface area (Å²) in [4.78, 5) is 25.3. The van der Waals surface area contributed by atoms with E-state index in [1.807, 2.05) is 19.9 Å². The lowest BCUT2D eigenvalue weighted by molar-refractivity contribution is 0.537. The molecule has 1 N–H and O–H groups in total. The van der Waals surface area contributed by atoms with Crippen LogP contribution in [-0.2, 0) is 0 Å². The summed E-state index contributed by atoms with van der Waals surface area (Å²) in [5.41, 5.74) is 5.16. The second kappa shape index (κ2) is 7.30. The maximum absolute atomic E-state index is 12.5. The topological polar surface area (TPSA) is 63.6 Å². The van der Waals surface area contributed by atoms with Crippen molar-refractivity contribution in [2.45, 2.75) is 51.5 Å². The molecule has 32 heavy (non-hydrogen) atoms. The smallest absolute Gasteiger partial charge is 0.270 e. The number of hydrogen-bond acceptors (Lipinski definition) is 3. The van der Waals surface area contributed by atoms with E-state index in [1.54, 1.807) is 0 Å². The number of hydrogen-bond donors (Lipinski definition) is 1. The number of nitrogens with one attached hydrogen (secondary N) is 1. The summed E-state index contributed by atoms with van der Waals surface area (Å²) in [6, 6.07) is 19.6.